The maximum Gasteiger partial charge on any atom is 0.0937 e. The maximum atomic E-state index is 10.3. The number of aliphatic hydroxyl groups is 1. The van der Waals surface area contributed by atoms with Gasteiger partial charge in [-0.1, -0.05) is 39.0 Å². The van der Waals surface area contributed by atoms with Crippen LogP contribution in [0.1, 0.15) is 72.1 Å². The molecule has 0 radical (unpaired) electrons. The molecule has 0 aromatic rings. The van der Waals surface area contributed by atoms with Gasteiger partial charge in [0.1, 0.15) is 0 Å². The van der Waals surface area contributed by atoms with Crippen LogP contribution in [0, 0.1) is 40.9 Å². The molecule has 3 nitrogen and oxygen atoms in total. The van der Waals surface area contributed by atoms with Gasteiger partial charge in [0, 0.05) is 12.0 Å². The number of nitrogens with one attached hydrogen (secondary N) is 1. The van der Waals surface area contributed by atoms with Gasteiger partial charge in [0.15, 0.2) is 0 Å². The van der Waals surface area contributed by atoms with E-state index in [1.807, 2.05) is 0 Å². The summed E-state index contributed by atoms with van der Waals surface area (Å²) in [7, 11) is 0. The zero-order valence-electron chi connectivity index (χ0n) is 19.2. The molecule has 2 heterocycles. The topological polar surface area (TPSA) is 41.5 Å². The minimum atomic E-state index is -0.117. The van der Waals surface area contributed by atoms with Crippen LogP contribution in [0.2, 0.25) is 0 Å². The van der Waals surface area contributed by atoms with Crippen LogP contribution >= 0.6 is 0 Å². The number of hydrogen-bond donors (Lipinski definition) is 2. The first-order valence-electron chi connectivity index (χ1n) is 12.8. The lowest BCUT2D eigenvalue weighted by molar-refractivity contribution is -0.0684. The van der Waals surface area contributed by atoms with Crippen LogP contribution in [0.5, 0.6) is 0 Å². The third kappa shape index (κ3) is 2.55. The van der Waals surface area contributed by atoms with E-state index in [9.17, 15) is 5.11 Å². The largest absolute Gasteiger partial charge is 0.393 e. The molecule has 0 bridgehead atoms. The minimum Gasteiger partial charge on any atom is -0.393 e. The Balaban J connectivity index is 1.28. The van der Waals surface area contributed by atoms with Gasteiger partial charge in [-0.25, -0.2) is 0 Å². The Kier molecular flexibility index (Phi) is 4.46. The van der Waals surface area contributed by atoms with Crippen molar-refractivity contribution in [2.45, 2.75) is 96.0 Å². The molecule has 0 amide bonds. The smallest absolute Gasteiger partial charge is 0.0937 e. The van der Waals surface area contributed by atoms with Crippen LogP contribution in [0.4, 0.5) is 0 Å². The van der Waals surface area contributed by atoms with E-state index in [0.29, 0.717) is 35.3 Å². The average Bonchev–Trinajstić information content (AvgIpc) is 3.23. The molecule has 166 valence electrons. The molecule has 0 aromatic heterocycles. The van der Waals surface area contributed by atoms with Crippen molar-refractivity contribution in [3.63, 3.8) is 0 Å². The molecule has 30 heavy (non-hydrogen) atoms. The number of allylic oxidation sites excluding steroid dienone is 1. The van der Waals surface area contributed by atoms with Gasteiger partial charge in [0.2, 0.25) is 0 Å². The van der Waals surface area contributed by atoms with Crippen molar-refractivity contribution in [2.24, 2.45) is 40.9 Å². The SMILES string of the molecule is C=C1[C@@H]2C[C@H]3[C@@H](CC=C4C[C@@H](O)CC[C@@]43C)[C@@H]2CC[C@]12O[C@@H]1C[C@H](C)CN[C@H]1[C@H]2C. The first-order chi connectivity index (χ1) is 14.3. The fourth-order valence-electron chi connectivity index (χ4n) is 9.24. The molecule has 4 aliphatic carbocycles. The van der Waals surface area contributed by atoms with Gasteiger partial charge in [-0.15, -0.1) is 0 Å². The number of piperidine rings is 1. The van der Waals surface area contributed by atoms with Crippen molar-refractivity contribution >= 4 is 0 Å². The average molecular weight is 412 g/mol. The molecule has 0 aromatic carbocycles. The third-order valence-electron chi connectivity index (χ3n) is 10.9. The fraction of sp³-hybridized carbons (Fsp3) is 0.852. The summed E-state index contributed by atoms with van der Waals surface area (Å²) in [6.45, 7) is 13.2. The predicted molar refractivity (Wildman–Crippen MR) is 120 cm³/mol. The molecule has 11 atom stereocenters. The van der Waals surface area contributed by atoms with Crippen molar-refractivity contribution in [3.8, 4) is 0 Å². The van der Waals surface area contributed by atoms with E-state index in [4.69, 9.17) is 11.3 Å². The number of fused-ring (bicyclic) bond motifs is 6. The Labute approximate surface area is 182 Å². The Bertz CT molecular complexity index is 775. The van der Waals surface area contributed by atoms with Crippen LogP contribution in [-0.2, 0) is 4.74 Å². The monoisotopic (exact) mass is 411 g/mol. The second-order valence-corrected chi connectivity index (χ2v) is 12.2. The van der Waals surface area contributed by atoms with Crippen LogP contribution in [0.25, 0.3) is 0 Å². The molecular weight excluding hydrogens is 370 g/mol. The predicted octanol–water partition coefficient (Wildman–Crippen LogP) is 4.86. The van der Waals surface area contributed by atoms with Crippen LogP contribution in [0.15, 0.2) is 23.8 Å². The van der Waals surface area contributed by atoms with E-state index in [1.54, 1.807) is 5.57 Å². The lowest BCUT2D eigenvalue weighted by atomic mass is 9.56. The van der Waals surface area contributed by atoms with E-state index in [0.717, 1.165) is 43.6 Å². The molecule has 0 unspecified atom stereocenters. The molecule has 6 aliphatic rings. The van der Waals surface area contributed by atoms with Gasteiger partial charge >= 0.3 is 0 Å². The highest BCUT2D eigenvalue weighted by Gasteiger charge is 2.63. The van der Waals surface area contributed by atoms with E-state index in [1.165, 1.54) is 37.7 Å². The molecular formula is C27H41NO2. The van der Waals surface area contributed by atoms with Crippen molar-refractivity contribution in [1.82, 2.24) is 5.32 Å². The fourth-order valence-corrected chi connectivity index (χ4v) is 9.24. The Morgan fingerprint density at radius 1 is 1.17 bits per heavy atom. The van der Waals surface area contributed by atoms with Crippen molar-refractivity contribution < 1.29 is 9.84 Å². The summed E-state index contributed by atoms with van der Waals surface area (Å²) in [6.07, 6.45) is 12.0. The summed E-state index contributed by atoms with van der Waals surface area (Å²) in [5.74, 6) is 4.23. The third-order valence-corrected chi connectivity index (χ3v) is 10.9. The first kappa shape index (κ1) is 20.0. The van der Waals surface area contributed by atoms with Crippen molar-refractivity contribution in [2.75, 3.05) is 6.54 Å². The maximum absolute atomic E-state index is 10.3. The summed E-state index contributed by atoms with van der Waals surface area (Å²) in [6, 6.07) is 0.504. The molecule has 2 N–H and O–H groups in total. The highest BCUT2D eigenvalue weighted by molar-refractivity contribution is 5.32. The number of hydrogen-bond acceptors (Lipinski definition) is 3. The lowest BCUT2D eigenvalue weighted by Gasteiger charge is -2.49. The Morgan fingerprint density at radius 3 is 2.83 bits per heavy atom. The van der Waals surface area contributed by atoms with Crippen LogP contribution in [-0.4, -0.2) is 35.5 Å². The molecule has 1 spiro atoms. The summed E-state index contributed by atoms with van der Waals surface area (Å²) in [5.41, 5.74) is 3.22. The highest BCUT2D eigenvalue weighted by atomic mass is 16.5. The van der Waals surface area contributed by atoms with E-state index in [2.05, 4.69) is 32.2 Å². The van der Waals surface area contributed by atoms with Crippen molar-refractivity contribution in [1.29, 1.82) is 0 Å². The molecule has 3 heteroatoms. The van der Waals surface area contributed by atoms with E-state index < -0.39 is 0 Å². The normalized spacial score (nSPS) is 57.4. The van der Waals surface area contributed by atoms with Crippen LogP contribution in [0.3, 0.4) is 0 Å². The van der Waals surface area contributed by atoms with Gasteiger partial charge in [0.25, 0.3) is 0 Å². The van der Waals surface area contributed by atoms with Gasteiger partial charge in [-0.05, 0) is 98.5 Å². The summed E-state index contributed by atoms with van der Waals surface area (Å²) in [5, 5.41) is 14.1. The summed E-state index contributed by atoms with van der Waals surface area (Å²) < 4.78 is 6.99. The van der Waals surface area contributed by atoms with Crippen molar-refractivity contribution in [3.05, 3.63) is 23.8 Å². The van der Waals surface area contributed by atoms with Gasteiger partial charge in [-0.3, -0.25) is 0 Å². The molecule has 3 saturated carbocycles. The van der Waals surface area contributed by atoms with Gasteiger partial charge < -0.3 is 15.2 Å². The zero-order valence-corrected chi connectivity index (χ0v) is 19.2. The molecule has 2 saturated heterocycles. The first-order valence-corrected chi connectivity index (χ1v) is 12.8. The number of ether oxygens (including phenoxy) is 1. The van der Waals surface area contributed by atoms with E-state index in [-0.39, 0.29) is 11.7 Å². The summed E-state index contributed by atoms with van der Waals surface area (Å²) in [4.78, 5) is 0. The highest BCUT2D eigenvalue weighted by Crippen LogP contribution is 2.66. The second kappa shape index (κ2) is 6.68. The van der Waals surface area contributed by atoms with Crippen LogP contribution < -0.4 is 5.32 Å². The van der Waals surface area contributed by atoms with Gasteiger partial charge in [0.05, 0.1) is 17.8 Å². The lowest BCUT2D eigenvalue weighted by Crippen LogP contribution is -2.50. The Morgan fingerprint density at radius 2 is 2.00 bits per heavy atom. The summed E-state index contributed by atoms with van der Waals surface area (Å²) >= 11 is 0. The zero-order chi connectivity index (χ0) is 20.8. The second-order valence-electron chi connectivity index (χ2n) is 12.2. The molecule has 2 aliphatic heterocycles. The molecule has 5 fully saturated rings. The van der Waals surface area contributed by atoms with E-state index >= 15 is 0 Å². The quantitative estimate of drug-likeness (QED) is 0.560. The number of rotatable bonds is 0. The minimum absolute atomic E-state index is 0.0963. The standard InChI is InChI=1S/C27H41NO2/c1-15-11-24-25(28-14-15)17(3)27(30-24)10-8-20-21-6-5-18-12-19(29)7-9-26(18,4)23(21)13-22(20)16(27)2/h5,15,17,19-25,28-29H,2,6-14H2,1,3-4H3/t15-,17+,19-,20-,21-,22-,23-,24+,25-,26-,27-/m0/s1. The molecule has 6 rings (SSSR count). The van der Waals surface area contributed by atoms with Gasteiger partial charge in [-0.2, -0.15) is 0 Å². The number of aliphatic hydroxyl groups excluding tert-OH is 1. The Hall–Kier alpha value is -0.640.